The molecule has 0 aliphatic carbocycles. The quantitative estimate of drug-likeness (QED) is 0.142. The third-order valence-electron chi connectivity index (χ3n) is 21.5. The van der Waals surface area contributed by atoms with Crippen LogP contribution in [-0.2, 0) is 27.1 Å². The van der Waals surface area contributed by atoms with Crippen molar-refractivity contribution in [3.05, 3.63) is 288 Å². The van der Waals surface area contributed by atoms with E-state index in [4.69, 9.17) is 14.2 Å². The molecule has 7 heteroatoms. The Hall–Kier alpha value is -11.0. The maximum atomic E-state index is 12.1. The van der Waals surface area contributed by atoms with Crippen LogP contribution >= 0.6 is 0 Å². The number of hydrogen-bond donors (Lipinski definition) is 0. The van der Waals surface area contributed by atoms with Gasteiger partial charge in [0.05, 0.1) is 25.1 Å². The molecule has 0 aromatic heterocycles. The van der Waals surface area contributed by atoms with E-state index in [1.165, 1.54) is 0 Å². The molecule has 0 saturated carbocycles. The van der Waals surface area contributed by atoms with Crippen LogP contribution in [0.15, 0.2) is 261 Å². The Bertz CT molecular complexity index is 6200. The van der Waals surface area contributed by atoms with Crippen LogP contribution in [0, 0.1) is 0 Å². The summed E-state index contributed by atoms with van der Waals surface area (Å²) in [6, 6.07) is 64.1. The van der Waals surface area contributed by atoms with Crippen LogP contribution in [0.5, 0.6) is 34.5 Å². The molecule has 0 atom stereocenters. The number of anilines is 6. The highest BCUT2D eigenvalue weighted by atomic mass is 16.5. The lowest BCUT2D eigenvalue weighted by Gasteiger charge is -2.49. The molecule has 0 amide bonds. The first-order valence-corrected chi connectivity index (χ1v) is 36.7. The zero-order valence-corrected chi connectivity index (χ0v) is 62.3. The van der Waals surface area contributed by atoms with E-state index in [-0.39, 0.29) is 81.6 Å². The lowest BCUT2D eigenvalue weighted by molar-refractivity contribution is 0.407. The van der Waals surface area contributed by atoms with Crippen LogP contribution < -0.4 is 56.8 Å². The van der Waals surface area contributed by atoms with Crippen molar-refractivity contribution in [2.45, 2.75) is 131 Å². The maximum Gasteiger partial charge on any atom is 0.270 e. The minimum atomic E-state index is -1.28. The molecule has 0 unspecified atom stereocenters. The van der Waals surface area contributed by atoms with Crippen molar-refractivity contribution in [2.24, 2.45) is 0 Å². The molecular weight excluding hydrogens is 1270 g/mol. The van der Waals surface area contributed by atoms with Crippen molar-refractivity contribution in [2.75, 3.05) is 9.80 Å². The zero-order chi connectivity index (χ0) is 81.2. The summed E-state index contributed by atoms with van der Waals surface area (Å²) in [5, 5.41) is 0. The molecule has 514 valence electrons. The van der Waals surface area contributed by atoms with Crippen molar-refractivity contribution < 1.29 is 27.9 Å². The first-order valence-electron chi connectivity index (χ1n) is 41.7. The van der Waals surface area contributed by atoms with Crippen molar-refractivity contribution in [1.82, 2.24) is 0 Å². The molecule has 105 heavy (non-hydrogen) atoms. The van der Waals surface area contributed by atoms with E-state index in [1.807, 2.05) is 84.9 Å². The van der Waals surface area contributed by atoms with Gasteiger partial charge in [-0.15, -0.1) is 0 Å². The third kappa shape index (κ3) is 10.6. The number of benzene rings is 13. The minimum Gasteiger partial charge on any atom is -0.458 e. The topological polar surface area (TPSA) is 34.2 Å². The molecule has 5 aliphatic rings. The van der Waals surface area contributed by atoms with Crippen LogP contribution in [-0.4, -0.2) is 13.4 Å². The Morgan fingerprint density at radius 2 is 0.657 bits per heavy atom. The second-order valence-corrected chi connectivity index (χ2v) is 33.9. The highest BCUT2D eigenvalue weighted by Crippen LogP contribution is 2.58. The lowest BCUT2D eigenvalue weighted by Crippen LogP contribution is -2.66. The fourth-order valence-electron chi connectivity index (χ4n) is 16.5. The molecule has 0 N–H and O–H groups in total. The first-order chi connectivity index (χ1) is 54.5. The van der Waals surface area contributed by atoms with Gasteiger partial charge in [-0.05, 0) is 130 Å². The van der Waals surface area contributed by atoms with Gasteiger partial charge in [0, 0.05) is 89.7 Å². The van der Waals surface area contributed by atoms with Crippen molar-refractivity contribution in [3.63, 3.8) is 0 Å². The third-order valence-corrected chi connectivity index (χ3v) is 21.5. The van der Waals surface area contributed by atoms with Gasteiger partial charge in [0.1, 0.15) is 34.5 Å². The summed E-state index contributed by atoms with van der Waals surface area (Å²) >= 11 is 0. The molecule has 18 rings (SSSR count). The SMILES string of the molecule is [2H]c1c([2H])c(-c2ccccc2)c([2H])c(-c2c([2H])c([2H])c3c(c2[2H])B2c4c(cc(C(C)(C)C)cc4N(c4c(-c5ccccc5)cccc4-c4ccccc4)c4c([2H])c5c6c(c42)Oc2c4c(c(C(C)(C)C)c([2H])c2C(C)(C)C)Oc2c(c(c(C(C)(C)C)c([2H])c2C(C)(C)C)O5)B64)N3c2c(-c3ccccc3)cccc2-c2ccccc2)c1[2H]. The van der Waals surface area contributed by atoms with Crippen molar-refractivity contribution >= 4 is 80.3 Å². The van der Waals surface area contributed by atoms with Crippen LogP contribution in [0.4, 0.5) is 34.1 Å². The van der Waals surface area contributed by atoms with Gasteiger partial charge in [-0.2, -0.15) is 0 Å². The predicted molar refractivity (Wildman–Crippen MR) is 444 cm³/mol. The molecule has 13 aromatic rings. The Balaban J connectivity index is 1.12. The van der Waals surface area contributed by atoms with Crippen molar-refractivity contribution in [1.29, 1.82) is 0 Å². The van der Waals surface area contributed by atoms with Crippen molar-refractivity contribution in [3.8, 4) is 101 Å². The highest BCUT2D eigenvalue weighted by molar-refractivity contribution is 7.03. The average Bonchev–Trinajstić information content (AvgIpc) is 0.656. The Morgan fingerprint density at radius 1 is 0.286 bits per heavy atom. The number of fused-ring (bicyclic) bond motifs is 5. The summed E-state index contributed by atoms with van der Waals surface area (Å²) in [5.41, 5.74) is 12.4. The van der Waals surface area contributed by atoms with Gasteiger partial charge in [-0.1, -0.05) is 322 Å². The van der Waals surface area contributed by atoms with Gasteiger partial charge in [0.15, 0.2) is 0 Å². The summed E-state index contributed by atoms with van der Waals surface area (Å²) in [7, 11) is 0. The molecule has 5 heterocycles. The fraction of sp³-hybridized carbons (Fsp3) is 0.204. The molecule has 0 bridgehead atoms. The van der Waals surface area contributed by atoms with Crippen LogP contribution in [0.3, 0.4) is 0 Å². The number of hydrogen-bond acceptors (Lipinski definition) is 5. The van der Waals surface area contributed by atoms with E-state index < -0.39 is 58.6 Å². The van der Waals surface area contributed by atoms with Crippen LogP contribution in [0.2, 0.25) is 0 Å². The van der Waals surface area contributed by atoms with Gasteiger partial charge in [-0.25, -0.2) is 0 Å². The number of ether oxygens (including phenoxy) is 3. The zero-order valence-electron chi connectivity index (χ0n) is 72.3. The summed E-state index contributed by atoms with van der Waals surface area (Å²) in [6.07, 6.45) is 0. The van der Waals surface area contributed by atoms with Gasteiger partial charge in [0.25, 0.3) is 13.4 Å². The summed E-state index contributed by atoms with van der Waals surface area (Å²) < 4.78 is 132. The van der Waals surface area contributed by atoms with E-state index in [0.29, 0.717) is 107 Å². The Labute approximate surface area is 635 Å². The maximum absolute atomic E-state index is 12.1. The van der Waals surface area contributed by atoms with Gasteiger partial charge >= 0.3 is 0 Å². The second kappa shape index (κ2) is 23.8. The highest BCUT2D eigenvalue weighted by Gasteiger charge is 2.56. The Morgan fingerprint density at radius 3 is 1.07 bits per heavy atom. The first kappa shape index (κ1) is 55.5. The molecule has 0 spiro atoms. The lowest BCUT2D eigenvalue weighted by atomic mass is 9.29. The molecule has 0 radical (unpaired) electrons. The van der Waals surface area contributed by atoms with Crippen LogP contribution in [0.25, 0.3) is 66.8 Å². The fourth-order valence-corrected chi connectivity index (χ4v) is 16.5. The molecule has 5 aliphatic heterocycles. The standard InChI is InChI=1S/C98H88B2N2O3/c1-94(2,3)67-54-78-82-79(55-67)102(88-70(62-40-27-19-28-41-62)48-33-49-71(88)63-42-29-20-30-43-63)80-58-81-84-93(105-92-75(98(13,14)15)57-74(97(10,11)12)91-86(92)100(84)85-89(103-81)72(95(4,5)6)56-73(90(85)104-91)96(7,8)9)83(80)99(82)76-53-66(65-45-31-44-64(52-65)59-34-21-16-22-35-59)50-51-77(76)101(78)87-68(60-36-23-17-24-37-60)46-32-47-69(87)61-38-25-18-26-39-61/h16-58H,1-15H3/i31D,44D,45D,50D,51D,52D,53D,56D,57D,58D. The van der Waals surface area contributed by atoms with Crippen LogP contribution in [0.1, 0.15) is 145 Å². The summed E-state index contributed by atoms with van der Waals surface area (Å²) in [6.45, 7) is 29.6. The Kier molecular flexibility index (Phi) is 12.6. The van der Waals surface area contributed by atoms with Gasteiger partial charge in [-0.3, -0.25) is 0 Å². The molecule has 13 aromatic carbocycles. The number of nitrogens with zero attached hydrogens (tertiary/aromatic N) is 2. The number of rotatable bonds is 8. The van der Waals surface area contributed by atoms with E-state index in [9.17, 15) is 13.7 Å². The average molecular weight is 1370 g/mol. The minimum absolute atomic E-state index is 0.0372. The smallest absolute Gasteiger partial charge is 0.270 e. The number of para-hydroxylation sites is 2. The molecular formula is C98H88B2N2O3. The predicted octanol–water partition coefficient (Wildman–Crippen LogP) is 23.1. The summed E-state index contributed by atoms with van der Waals surface area (Å²) in [5.74, 6) is 2.14. The van der Waals surface area contributed by atoms with E-state index in [1.54, 1.807) is 24.3 Å². The van der Waals surface area contributed by atoms with E-state index in [2.05, 4.69) is 205 Å². The van der Waals surface area contributed by atoms with E-state index >= 15 is 0 Å². The van der Waals surface area contributed by atoms with Gasteiger partial charge in [0.2, 0.25) is 0 Å². The largest absolute Gasteiger partial charge is 0.458 e. The monoisotopic (exact) mass is 1370 g/mol. The molecule has 0 fully saturated rings. The second-order valence-electron chi connectivity index (χ2n) is 33.9. The van der Waals surface area contributed by atoms with Gasteiger partial charge < -0.3 is 24.0 Å². The molecule has 0 saturated heterocycles. The molecule has 5 nitrogen and oxygen atoms in total. The normalized spacial score (nSPS) is 15.2. The summed E-state index contributed by atoms with van der Waals surface area (Å²) in [4.78, 5) is 4.34. The van der Waals surface area contributed by atoms with E-state index in [0.717, 1.165) is 50.1 Å².